The quantitative estimate of drug-likeness (QED) is 0.570. The van der Waals surface area contributed by atoms with Crippen LogP contribution in [0.3, 0.4) is 0 Å². The highest BCUT2D eigenvalue weighted by Crippen LogP contribution is 2.30. The van der Waals surface area contributed by atoms with E-state index < -0.39 is 23.4 Å². The molecule has 20 heavy (non-hydrogen) atoms. The highest BCUT2D eigenvalue weighted by Gasteiger charge is 2.54. The zero-order valence-corrected chi connectivity index (χ0v) is 13.1. The molecule has 0 aromatic heterocycles. The maximum absolute atomic E-state index is 12.3. The molecule has 1 aliphatic rings. The van der Waals surface area contributed by atoms with E-state index in [1.54, 1.807) is 19.9 Å². The van der Waals surface area contributed by atoms with E-state index in [1.807, 2.05) is 0 Å². The molecule has 0 aromatic rings. The van der Waals surface area contributed by atoms with Crippen molar-refractivity contribution >= 4 is 33.8 Å². The average Bonchev–Trinajstić information content (AvgIpc) is 2.38. The van der Waals surface area contributed by atoms with Crippen molar-refractivity contribution in [3.63, 3.8) is 0 Å². The second-order valence-corrected chi connectivity index (χ2v) is 4.86. The summed E-state index contributed by atoms with van der Waals surface area (Å²) in [6.45, 7) is 4.66. The molecule has 0 fully saturated rings. The van der Waals surface area contributed by atoms with Gasteiger partial charge in [-0.1, -0.05) is 15.9 Å². The molecule has 1 rings (SSSR count). The Balaban J connectivity index is 3.39. The molecule has 1 amide bonds. The van der Waals surface area contributed by atoms with Crippen molar-refractivity contribution in [2.75, 3.05) is 13.2 Å². The number of amides is 1. The maximum Gasteiger partial charge on any atom is 0.348 e. The van der Waals surface area contributed by atoms with E-state index in [2.05, 4.69) is 15.9 Å². The fraction of sp³-hybridized carbons (Fsp3) is 0.462. The zero-order valence-electron chi connectivity index (χ0n) is 11.5. The van der Waals surface area contributed by atoms with Crippen LogP contribution >= 0.6 is 15.9 Å². The van der Waals surface area contributed by atoms with Gasteiger partial charge >= 0.3 is 11.9 Å². The lowest BCUT2D eigenvalue weighted by Gasteiger charge is -2.36. The average molecular weight is 346 g/mol. The number of nitrogens with zero attached hydrogens (tertiary/aromatic N) is 1. The van der Waals surface area contributed by atoms with Gasteiger partial charge in [0.1, 0.15) is 0 Å². The molecular weight excluding hydrogens is 330 g/mol. The molecule has 0 bridgehead atoms. The van der Waals surface area contributed by atoms with Crippen LogP contribution in [0.25, 0.3) is 0 Å². The Hall–Kier alpha value is -1.63. The smallest absolute Gasteiger partial charge is 0.348 e. The summed E-state index contributed by atoms with van der Waals surface area (Å²) in [5, 5.41) is 0. The van der Waals surface area contributed by atoms with E-state index in [1.165, 1.54) is 19.2 Å². The molecular formula is C13H16BrNO5. The van der Waals surface area contributed by atoms with Crippen molar-refractivity contribution in [1.29, 1.82) is 0 Å². The number of carbonyl (C=O) groups is 3. The van der Waals surface area contributed by atoms with Crippen LogP contribution in [-0.2, 0) is 23.9 Å². The van der Waals surface area contributed by atoms with Crippen LogP contribution in [0.4, 0.5) is 0 Å². The molecule has 1 aliphatic heterocycles. The van der Waals surface area contributed by atoms with Crippen LogP contribution in [0.1, 0.15) is 20.8 Å². The van der Waals surface area contributed by atoms with Gasteiger partial charge in [-0.15, -0.1) is 0 Å². The first-order chi connectivity index (χ1) is 9.40. The van der Waals surface area contributed by atoms with Gasteiger partial charge < -0.3 is 9.47 Å². The lowest BCUT2D eigenvalue weighted by molar-refractivity contribution is -0.172. The van der Waals surface area contributed by atoms with Gasteiger partial charge in [0.2, 0.25) is 5.91 Å². The summed E-state index contributed by atoms with van der Waals surface area (Å²) >= 11 is 3.20. The first kappa shape index (κ1) is 16.4. The van der Waals surface area contributed by atoms with E-state index in [-0.39, 0.29) is 13.2 Å². The van der Waals surface area contributed by atoms with Crippen LogP contribution in [0, 0.1) is 0 Å². The highest BCUT2D eigenvalue weighted by molar-refractivity contribution is 9.11. The number of halogens is 1. The number of esters is 2. The number of carbonyl (C=O) groups excluding carboxylic acids is 3. The summed E-state index contributed by atoms with van der Waals surface area (Å²) < 4.78 is 10.4. The summed E-state index contributed by atoms with van der Waals surface area (Å²) in [6.07, 6.45) is 4.21. The minimum absolute atomic E-state index is 0.0842. The minimum Gasteiger partial charge on any atom is -0.464 e. The first-order valence-electron chi connectivity index (χ1n) is 6.11. The maximum atomic E-state index is 12.3. The lowest BCUT2D eigenvalue weighted by Crippen LogP contribution is -2.60. The predicted octanol–water partition coefficient (Wildman–Crippen LogP) is 1.51. The Bertz CT molecular complexity index is 465. The van der Waals surface area contributed by atoms with E-state index in [0.717, 1.165) is 4.90 Å². The van der Waals surface area contributed by atoms with Crippen LogP contribution in [-0.4, -0.2) is 41.5 Å². The predicted molar refractivity (Wildman–Crippen MR) is 74.7 cm³/mol. The topological polar surface area (TPSA) is 72.9 Å². The fourth-order valence-corrected chi connectivity index (χ4v) is 2.26. The van der Waals surface area contributed by atoms with Gasteiger partial charge in [-0.25, -0.2) is 9.59 Å². The lowest BCUT2D eigenvalue weighted by atomic mass is 9.94. The molecule has 7 heteroatoms. The molecule has 0 N–H and O–H groups in total. The highest BCUT2D eigenvalue weighted by atomic mass is 79.9. The Morgan fingerprint density at radius 3 is 2.10 bits per heavy atom. The van der Waals surface area contributed by atoms with Gasteiger partial charge in [0.15, 0.2) is 0 Å². The number of ether oxygens (including phenoxy) is 2. The second-order valence-electron chi connectivity index (χ2n) is 3.94. The van der Waals surface area contributed by atoms with Crippen molar-refractivity contribution in [3.05, 3.63) is 22.8 Å². The second kappa shape index (κ2) is 6.69. The Morgan fingerprint density at radius 1 is 1.20 bits per heavy atom. The molecule has 0 atom stereocenters. The molecule has 0 saturated carbocycles. The molecule has 0 unspecified atom stereocenters. The minimum atomic E-state index is -1.93. The molecule has 0 radical (unpaired) electrons. The summed E-state index contributed by atoms with van der Waals surface area (Å²) in [5.74, 6) is -2.18. The van der Waals surface area contributed by atoms with Gasteiger partial charge in [0, 0.05) is 17.6 Å². The number of allylic oxidation sites excluding steroid dienone is 2. The Morgan fingerprint density at radius 2 is 1.70 bits per heavy atom. The van der Waals surface area contributed by atoms with Crippen molar-refractivity contribution < 1.29 is 23.9 Å². The third-order valence-corrected chi connectivity index (χ3v) is 3.12. The van der Waals surface area contributed by atoms with Crippen molar-refractivity contribution in [3.8, 4) is 0 Å². The Kier molecular flexibility index (Phi) is 5.50. The molecule has 0 saturated heterocycles. The van der Waals surface area contributed by atoms with Crippen molar-refractivity contribution in [1.82, 2.24) is 4.90 Å². The summed E-state index contributed by atoms with van der Waals surface area (Å²) in [4.78, 5) is 37.3. The normalized spacial score (nSPS) is 16.4. The zero-order chi connectivity index (χ0) is 15.3. The van der Waals surface area contributed by atoms with Gasteiger partial charge in [0.25, 0.3) is 5.54 Å². The standard InChI is InChI=1S/C13H16BrNO5/c1-4-19-11(17)13(12(18)20-5-2)8-10(14)6-7-15(13)9(3)16/h6-8H,4-5H2,1-3H3. The summed E-state index contributed by atoms with van der Waals surface area (Å²) in [6, 6.07) is 0. The fourth-order valence-electron chi connectivity index (χ4n) is 1.81. The van der Waals surface area contributed by atoms with Gasteiger partial charge in [-0.3, -0.25) is 9.69 Å². The van der Waals surface area contributed by atoms with E-state index in [9.17, 15) is 14.4 Å². The molecule has 0 aliphatic carbocycles. The van der Waals surface area contributed by atoms with Crippen LogP contribution in [0.15, 0.2) is 22.8 Å². The van der Waals surface area contributed by atoms with Gasteiger partial charge in [-0.2, -0.15) is 0 Å². The van der Waals surface area contributed by atoms with Gasteiger partial charge in [-0.05, 0) is 26.0 Å². The monoisotopic (exact) mass is 345 g/mol. The third-order valence-electron chi connectivity index (χ3n) is 2.62. The first-order valence-corrected chi connectivity index (χ1v) is 6.90. The van der Waals surface area contributed by atoms with Gasteiger partial charge in [0.05, 0.1) is 13.2 Å². The molecule has 1 heterocycles. The van der Waals surface area contributed by atoms with Crippen LogP contribution in [0.5, 0.6) is 0 Å². The molecule has 0 spiro atoms. The van der Waals surface area contributed by atoms with Crippen molar-refractivity contribution in [2.24, 2.45) is 0 Å². The largest absolute Gasteiger partial charge is 0.464 e. The number of rotatable bonds is 4. The SMILES string of the molecule is CCOC(=O)C1(C(=O)OCC)C=C(Br)C=CN1C(C)=O. The molecule has 6 nitrogen and oxygen atoms in total. The molecule has 110 valence electrons. The summed E-state index contributed by atoms with van der Waals surface area (Å²) in [7, 11) is 0. The number of hydrogen-bond acceptors (Lipinski definition) is 5. The van der Waals surface area contributed by atoms with E-state index in [4.69, 9.17) is 9.47 Å². The van der Waals surface area contributed by atoms with E-state index in [0.29, 0.717) is 4.48 Å². The molecule has 0 aromatic carbocycles. The van der Waals surface area contributed by atoms with E-state index >= 15 is 0 Å². The third kappa shape index (κ3) is 2.92. The van der Waals surface area contributed by atoms with Crippen molar-refractivity contribution in [2.45, 2.75) is 26.3 Å². The number of hydrogen-bond donors (Lipinski definition) is 0. The van der Waals surface area contributed by atoms with Crippen LogP contribution < -0.4 is 0 Å². The summed E-state index contributed by atoms with van der Waals surface area (Å²) in [5.41, 5.74) is -1.93. The van der Waals surface area contributed by atoms with Crippen LogP contribution in [0.2, 0.25) is 0 Å². The Labute approximate surface area is 125 Å².